The van der Waals surface area contributed by atoms with Crippen LogP contribution in [-0.2, 0) is 0 Å². The molecule has 1 unspecified atom stereocenters. The SMILES string of the molecule is Clc1ccc2c(c1)NC=CC2Cl. The number of rotatable bonds is 0. The van der Waals surface area contributed by atoms with Gasteiger partial charge in [-0.15, -0.1) is 11.6 Å². The Morgan fingerprint density at radius 2 is 2.17 bits per heavy atom. The number of halogens is 2. The number of fused-ring (bicyclic) bond motifs is 1. The maximum atomic E-state index is 6.03. The van der Waals surface area contributed by atoms with E-state index in [-0.39, 0.29) is 5.38 Å². The van der Waals surface area contributed by atoms with Gasteiger partial charge in [0.1, 0.15) is 0 Å². The molecule has 0 saturated carbocycles. The lowest BCUT2D eigenvalue weighted by Gasteiger charge is -2.16. The van der Waals surface area contributed by atoms with Crippen molar-refractivity contribution in [3.63, 3.8) is 0 Å². The second-order valence-electron chi connectivity index (χ2n) is 2.64. The summed E-state index contributed by atoms with van der Waals surface area (Å²) < 4.78 is 0. The van der Waals surface area contributed by atoms with Crippen LogP contribution in [0.3, 0.4) is 0 Å². The van der Waals surface area contributed by atoms with Gasteiger partial charge in [0.15, 0.2) is 0 Å². The molecule has 2 rings (SSSR count). The molecule has 0 radical (unpaired) electrons. The lowest BCUT2D eigenvalue weighted by Crippen LogP contribution is -2.01. The molecule has 1 N–H and O–H groups in total. The van der Waals surface area contributed by atoms with Crippen LogP contribution < -0.4 is 5.32 Å². The summed E-state index contributed by atoms with van der Waals surface area (Å²) in [6.45, 7) is 0. The van der Waals surface area contributed by atoms with Crippen LogP contribution >= 0.6 is 23.2 Å². The van der Waals surface area contributed by atoms with Crippen molar-refractivity contribution in [2.45, 2.75) is 5.38 Å². The highest BCUT2D eigenvalue weighted by atomic mass is 35.5. The summed E-state index contributed by atoms with van der Waals surface area (Å²) in [6.07, 6.45) is 3.73. The van der Waals surface area contributed by atoms with Gasteiger partial charge in [-0.2, -0.15) is 0 Å². The molecule has 0 spiro atoms. The third-order valence-corrected chi connectivity index (χ3v) is 2.43. The van der Waals surface area contributed by atoms with Crippen LogP contribution in [-0.4, -0.2) is 0 Å². The number of anilines is 1. The van der Waals surface area contributed by atoms with Gasteiger partial charge in [-0.1, -0.05) is 17.7 Å². The zero-order valence-electron chi connectivity index (χ0n) is 6.22. The average Bonchev–Trinajstić information content (AvgIpc) is 2.04. The van der Waals surface area contributed by atoms with Crippen LogP contribution in [0.4, 0.5) is 5.69 Å². The van der Waals surface area contributed by atoms with Crippen molar-refractivity contribution in [3.8, 4) is 0 Å². The molecule has 1 nitrogen and oxygen atoms in total. The number of alkyl halides is 1. The number of hydrogen-bond donors (Lipinski definition) is 1. The van der Waals surface area contributed by atoms with Gasteiger partial charge < -0.3 is 5.32 Å². The lowest BCUT2D eigenvalue weighted by molar-refractivity contribution is 1.18. The van der Waals surface area contributed by atoms with Gasteiger partial charge in [0, 0.05) is 10.7 Å². The minimum absolute atomic E-state index is 0.0430. The Hall–Kier alpha value is -0.660. The maximum Gasteiger partial charge on any atom is 0.0803 e. The van der Waals surface area contributed by atoms with Crippen LogP contribution in [0.1, 0.15) is 10.9 Å². The number of benzene rings is 1. The highest BCUT2D eigenvalue weighted by Crippen LogP contribution is 2.33. The van der Waals surface area contributed by atoms with E-state index in [1.807, 2.05) is 30.5 Å². The fraction of sp³-hybridized carbons (Fsp3) is 0.111. The first-order chi connectivity index (χ1) is 5.77. The minimum Gasteiger partial charge on any atom is -0.362 e. The summed E-state index contributed by atoms with van der Waals surface area (Å²) in [5, 5.41) is 3.76. The molecule has 1 aliphatic rings. The molecule has 0 bridgehead atoms. The largest absolute Gasteiger partial charge is 0.362 e. The first-order valence-electron chi connectivity index (χ1n) is 3.64. The van der Waals surface area contributed by atoms with Crippen LogP contribution in [0.15, 0.2) is 30.5 Å². The average molecular weight is 200 g/mol. The monoisotopic (exact) mass is 199 g/mol. The highest BCUT2D eigenvalue weighted by Gasteiger charge is 2.12. The summed E-state index contributed by atoms with van der Waals surface area (Å²) in [5.74, 6) is 0. The lowest BCUT2D eigenvalue weighted by atomic mass is 10.1. The summed E-state index contributed by atoms with van der Waals surface area (Å²) in [4.78, 5) is 0. The van der Waals surface area contributed by atoms with E-state index < -0.39 is 0 Å². The molecule has 0 saturated heterocycles. The first kappa shape index (κ1) is 7.96. The van der Waals surface area contributed by atoms with Crippen LogP contribution in [0, 0.1) is 0 Å². The fourth-order valence-corrected chi connectivity index (χ4v) is 1.66. The molecule has 1 aliphatic heterocycles. The Balaban J connectivity index is 2.51. The Morgan fingerprint density at radius 1 is 1.33 bits per heavy atom. The normalized spacial score (nSPS) is 20.0. The molecule has 1 atom stereocenters. The summed E-state index contributed by atoms with van der Waals surface area (Å²) in [6, 6.07) is 5.65. The Labute approximate surface area is 81.0 Å². The van der Waals surface area contributed by atoms with Crippen molar-refractivity contribution in [3.05, 3.63) is 41.1 Å². The molecular weight excluding hydrogens is 193 g/mol. The standard InChI is InChI=1S/C9H7Cl2N/c10-6-1-2-7-8(11)3-4-12-9(7)5-6/h1-5,8,12H. The molecule has 3 heteroatoms. The fourth-order valence-electron chi connectivity index (χ4n) is 1.22. The molecular formula is C9H7Cl2N. The van der Waals surface area contributed by atoms with E-state index in [9.17, 15) is 0 Å². The van der Waals surface area contributed by atoms with Gasteiger partial charge in [0.05, 0.1) is 5.38 Å². The van der Waals surface area contributed by atoms with Crippen molar-refractivity contribution in [2.75, 3.05) is 5.32 Å². The summed E-state index contributed by atoms with van der Waals surface area (Å²) in [7, 11) is 0. The van der Waals surface area contributed by atoms with Crippen molar-refractivity contribution >= 4 is 28.9 Å². The minimum atomic E-state index is -0.0430. The van der Waals surface area contributed by atoms with Crippen molar-refractivity contribution < 1.29 is 0 Å². The van der Waals surface area contributed by atoms with E-state index in [2.05, 4.69) is 5.32 Å². The molecule has 0 aromatic heterocycles. The van der Waals surface area contributed by atoms with Gasteiger partial charge in [-0.05, 0) is 30.0 Å². The molecule has 0 aliphatic carbocycles. The van der Waals surface area contributed by atoms with Gasteiger partial charge in [-0.25, -0.2) is 0 Å². The van der Waals surface area contributed by atoms with E-state index in [4.69, 9.17) is 23.2 Å². The van der Waals surface area contributed by atoms with Gasteiger partial charge in [0.25, 0.3) is 0 Å². The Kier molecular flexibility index (Phi) is 1.99. The van der Waals surface area contributed by atoms with E-state index in [1.165, 1.54) is 0 Å². The number of allylic oxidation sites excluding steroid dienone is 1. The molecule has 1 aromatic carbocycles. The predicted molar refractivity (Wildman–Crippen MR) is 52.8 cm³/mol. The third kappa shape index (κ3) is 1.30. The topological polar surface area (TPSA) is 12.0 Å². The molecule has 12 heavy (non-hydrogen) atoms. The van der Waals surface area contributed by atoms with E-state index >= 15 is 0 Å². The van der Waals surface area contributed by atoms with Crippen LogP contribution in [0.2, 0.25) is 5.02 Å². The molecule has 0 fully saturated rings. The Morgan fingerprint density at radius 3 is 3.00 bits per heavy atom. The van der Waals surface area contributed by atoms with E-state index in [1.54, 1.807) is 0 Å². The molecule has 0 amide bonds. The van der Waals surface area contributed by atoms with Crippen LogP contribution in [0.5, 0.6) is 0 Å². The molecule has 62 valence electrons. The third-order valence-electron chi connectivity index (χ3n) is 1.82. The smallest absolute Gasteiger partial charge is 0.0803 e. The van der Waals surface area contributed by atoms with E-state index in [0.29, 0.717) is 0 Å². The second-order valence-corrected chi connectivity index (χ2v) is 3.54. The van der Waals surface area contributed by atoms with E-state index in [0.717, 1.165) is 16.3 Å². The quantitative estimate of drug-likeness (QED) is 0.631. The van der Waals surface area contributed by atoms with Crippen molar-refractivity contribution in [1.29, 1.82) is 0 Å². The number of nitrogens with one attached hydrogen (secondary N) is 1. The van der Waals surface area contributed by atoms with Crippen molar-refractivity contribution in [1.82, 2.24) is 0 Å². The molecule has 1 heterocycles. The second kappa shape index (κ2) is 3.00. The number of hydrogen-bond acceptors (Lipinski definition) is 1. The molecule has 1 aromatic rings. The summed E-state index contributed by atoms with van der Waals surface area (Å²) in [5.41, 5.74) is 2.06. The zero-order chi connectivity index (χ0) is 8.55. The highest BCUT2D eigenvalue weighted by molar-refractivity contribution is 6.31. The van der Waals surface area contributed by atoms with Gasteiger partial charge >= 0.3 is 0 Å². The maximum absolute atomic E-state index is 6.03. The van der Waals surface area contributed by atoms with Crippen LogP contribution in [0.25, 0.3) is 0 Å². The van der Waals surface area contributed by atoms with Crippen molar-refractivity contribution in [2.24, 2.45) is 0 Å². The summed E-state index contributed by atoms with van der Waals surface area (Å²) >= 11 is 11.8. The Bertz CT molecular complexity index is 333. The zero-order valence-corrected chi connectivity index (χ0v) is 7.73. The van der Waals surface area contributed by atoms with Gasteiger partial charge in [0.2, 0.25) is 0 Å². The van der Waals surface area contributed by atoms with Gasteiger partial charge in [-0.3, -0.25) is 0 Å². The first-order valence-corrected chi connectivity index (χ1v) is 4.45. The predicted octanol–water partition coefficient (Wildman–Crippen LogP) is 3.56.